The minimum atomic E-state index is -1.21. The van der Waals surface area contributed by atoms with Crippen LogP contribution in [-0.2, 0) is 6.42 Å². The molecule has 0 bridgehead atoms. The predicted molar refractivity (Wildman–Crippen MR) is 145 cm³/mol. The first-order valence-electron chi connectivity index (χ1n) is 12.7. The summed E-state index contributed by atoms with van der Waals surface area (Å²) in [6, 6.07) is 9.69. The molecule has 8 nitrogen and oxygen atoms in total. The van der Waals surface area contributed by atoms with E-state index in [9.17, 15) is 14.7 Å². The first kappa shape index (κ1) is 25.0. The van der Waals surface area contributed by atoms with E-state index < -0.39 is 11.4 Å². The molecule has 37 heavy (non-hydrogen) atoms. The number of rotatable bonds is 4. The summed E-state index contributed by atoms with van der Waals surface area (Å²) in [5, 5.41) is 9.57. The van der Waals surface area contributed by atoms with Crippen LogP contribution in [0.1, 0.15) is 42.7 Å². The third kappa shape index (κ3) is 4.62. The molecule has 3 aromatic rings. The van der Waals surface area contributed by atoms with Crippen molar-refractivity contribution in [2.75, 3.05) is 45.2 Å². The van der Waals surface area contributed by atoms with Gasteiger partial charge in [0.05, 0.1) is 12.8 Å². The van der Waals surface area contributed by atoms with Crippen molar-refractivity contribution in [1.82, 2.24) is 14.5 Å². The van der Waals surface area contributed by atoms with Crippen LogP contribution in [0, 0.1) is 5.41 Å². The standard InChI is InChI=1S/C29H34N4O4/c1-29(2,3)26-13-19-12-21(18-6-7-27(30-16-18)32-10-8-31(4)9-11-32)25(37-5)14-20(19)23-15-24(34)22(28(35)36)17-33(23)26/h6-7,12,14-17,26H,8-11,13H2,1-5H3,(H,35,36). The Hall–Kier alpha value is -3.65. The maximum Gasteiger partial charge on any atom is 0.341 e. The highest BCUT2D eigenvalue weighted by molar-refractivity contribution is 5.88. The second-order valence-electron chi connectivity index (χ2n) is 11.1. The molecule has 2 aliphatic heterocycles. The van der Waals surface area contributed by atoms with Gasteiger partial charge in [-0.1, -0.05) is 20.8 Å². The number of carboxylic acids is 1. The van der Waals surface area contributed by atoms with Gasteiger partial charge < -0.3 is 24.2 Å². The molecule has 4 heterocycles. The number of carboxylic acid groups (broad SMARTS) is 1. The van der Waals surface area contributed by atoms with Crippen molar-refractivity contribution in [1.29, 1.82) is 0 Å². The van der Waals surface area contributed by atoms with E-state index in [0.29, 0.717) is 17.9 Å². The van der Waals surface area contributed by atoms with Gasteiger partial charge in [0.25, 0.3) is 0 Å². The molecular weight excluding hydrogens is 468 g/mol. The fraction of sp³-hybridized carbons (Fsp3) is 0.414. The number of nitrogens with zero attached hydrogens (tertiary/aromatic N) is 4. The number of anilines is 1. The summed E-state index contributed by atoms with van der Waals surface area (Å²) < 4.78 is 7.76. The smallest absolute Gasteiger partial charge is 0.341 e. The Labute approximate surface area is 217 Å². The molecule has 1 fully saturated rings. The van der Waals surface area contributed by atoms with E-state index in [1.54, 1.807) is 7.11 Å². The summed E-state index contributed by atoms with van der Waals surface area (Å²) in [6.07, 6.45) is 4.11. The summed E-state index contributed by atoms with van der Waals surface area (Å²) in [5.41, 5.74) is 3.74. The van der Waals surface area contributed by atoms with Gasteiger partial charge >= 0.3 is 5.97 Å². The van der Waals surface area contributed by atoms with Crippen molar-refractivity contribution < 1.29 is 14.6 Å². The van der Waals surface area contributed by atoms with Gasteiger partial charge in [-0.25, -0.2) is 9.78 Å². The number of piperazine rings is 1. The fourth-order valence-electron chi connectivity index (χ4n) is 5.41. The number of hydrogen-bond donors (Lipinski definition) is 1. The van der Waals surface area contributed by atoms with Crippen molar-refractivity contribution >= 4 is 11.8 Å². The lowest BCUT2D eigenvalue weighted by molar-refractivity contribution is 0.0693. The first-order valence-corrected chi connectivity index (χ1v) is 12.7. The van der Waals surface area contributed by atoms with Gasteiger partial charge in [-0.3, -0.25) is 4.79 Å². The molecule has 1 aromatic carbocycles. The number of carbonyl (C=O) groups is 1. The highest BCUT2D eigenvalue weighted by Crippen LogP contribution is 2.45. The molecule has 1 atom stereocenters. The van der Waals surface area contributed by atoms with Crippen LogP contribution in [-0.4, -0.2) is 65.9 Å². The SMILES string of the molecule is COc1cc2c(cc1-c1ccc(N3CCN(C)CC3)nc1)CC(C(C)(C)C)n1cc(C(=O)O)c(=O)cc1-2. The van der Waals surface area contributed by atoms with Crippen molar-refractivity contribution in [3.05, 3.63) is 64.1 Å². The van der Waals surface area contributed by atoms with Crippen molar-refractivity contribution in [2.45, 2.75) is 33.2 Å². The molecule has 0 radical (unpaired) electrons. The second-order valence-corrected chi connectivity index (χ2v) is 11.1. The van der Waals surface area contributed by atoms with Crippen molar-refractivity contribution in [3.8, 4) is 28.1 Å². The molecule has 5 rings (SSSR count). The number of aromatic nitrogens is 2. The third-order valence-corrected chi connectivity index (χ3v) is 7.65. The summed E-state index contributed by atoms with van der Waals surface area (Å²) >= 11 is 0. The van der Waals surface area contributed by atoms with E-state index in [0.717, 1.165) is 54.3 Å². The zero-order valence-corrected chi connectivity index (χ0v) is 22.1. The number of likely N-dealkylation sites (N-methyl/N-ethyl adjacent to an activating group) is 1. The average molecular weight is 503 g/mol. The summed E-state index contributed by atoms with van der Waals surface area (Å²) in [5.74, 6) is 0.451. The molecule has 2 aromatic heterocycles. The van der Waals surface area contributed by atoms with Gasteiger partial charge in [0.1, 0.15) is 17.1 Å². The fourth-order valence-corrected chi connectivity index (χ4v) is 5.41. The molecule has 1 unspecified atom stereocenters. The number of methoxy groups -OCH3 is 1. The van der Waals surface area contributed by atoms with Gasteiger partial charge in [-0.05, 0) is 48.7 Å². The Balaban J connectivity index is 1.59. The molecule has 0 saturated carbocycles. The summed E-state index contributed by atoms with van der Waals surface area (Å²) in [6.45, 7) is 10.4. The number of benzene rings is 1. The predicted octanol–water partition coefficient (Wildman–Crippen LogP) is 4.18. The van der Waals surface area contributed by atoms with E-state index >= 15 is 0 Å². The van der Waals surface area contributed by atoms with Gasteiger partial charge in [0, 0.05) is 67.4 Å². The Morgan fingerprint density at radius 1 is 1.08 bits per heavy atom. The van der Waals surface area contributed by atoms with Crippen LogP contribution in [0.15, 0.2) is 47.5 Å². The number of hydrogen-bond acceptors (Lipinski definition) is 6. The molecule has 2 aliphatic rings. The van der Waals surface area contributed by atoms with E-state index in [1.165, 1.54) is 12.3 Å². The largest absolute Gasteiger partial charge is 0.496 e. The summed E-state index contributed by atoms with van der Waals surface area (Å²) in [7, 11) is 3.78. The number of pyridine rings is 2. The van der Waals surface area contributed by atoms with Crippen LogP contribution in [0.2, 0.25) is 0 Å². The van der Waals surface area contributed by atoms with Crippen LogP contribution in [0.4, 0.5) is 5.82 Å². The average Bonchev–Trinajstić information content (AvgIpc) is 2.87. The number of ether oxygens (including phenoxy) is 1. The lowest BCUT2D eigenvalue weighted by Gasteiger charge is -2.39. The van der Waals surface area contributed by atoms with E-state index in [-0.39, 0.29) is 17.0 Å². The van der Waals surface area contributed by atoms with E-state index in [1.807, 2.05) is 16.8 Å². The number of fused-ring (bicyclic) bond motifs is 3. The third-order valence-electron chi connectivity index (χ3n) is 7.65. The Bertz CT molecular complexity index is 1400. The molecule has 8 heteroatoms. The Kier molecular flexibility index (Phi) is 6.31. The van der Waals surface area contributed by atoms with Gasteiger partial charge in [0.2, 0.25) is 0 Å². The quantitative estimate of drug-likeness (QED) is 0.573. The summed E-state index contributed by atoms with van der Waals surface area (Å²) in [4.78, 5) is 33.8. The van der Waals surface area contributed by atoms with Crippen LogP contribution < -0.4 is 15.1 Å². The van der Waals surface area contributed by atoms with Gasteiger partial charge in [-0.15, -0.1) is 0 Å². The lowest BCUT2D eigenvalue weighted by Crippen LogP contribution is -2.44. The van der Waals surface area contributed by atoms with Crippen molar-refractivity contribution in [3.63, 3.8) is 0 Å². The highest BCUT2D eigenvalue weighted by Gasteiger charge is 2.34. The zero-order valence-electron chi connectivity index (χ0n) is 22.1. The van der Waals surface area contributed by atoms with E-state index in [2.05, 4.69) is 55.8 Å². The maximum atomic E-state index is 12.7. The topological polar surface area (TPSA) is 87.9 Å². The monoisotopic (exact) mass is 502 g/mol. The zero-order chi connectivity index (χ0) is 26.5. The maximum absolute atomic E-state index is 12.7. The van der Waals surface area contributed by atoms with Gasteiger partial charge in [-0.2, -0.15) is 0 Å². The molecular formula is C29H34N4O4. The van der Waals surface area contributed by atoms with Gasteiger partial charge in [0.15, 0.2) is 5.43 Å². The van der Waals surface area contributed by atoms with Crippen LogP contribution in [0.25, 0.3) is 22.4 Å². The molecule has 0 amide bonds. The number of aromatic carboxylic acids is 1. The second kappa shape index (κ2) is 9.34. The normalized spacial score (nSPS) is 17.8. The lowest BCUT2D eigenvalue weighted by atomic mass is 9.78. The van der Waals surface area contributed by atoms with E-state index in [4.69, 9.17) is 9.72 Å². The highest BCUT2D eigenvalue weighted by atomic mass is 16.5. The van der Waals surface area contributed by atoms with Crippen LogP contribution >= 0.6 is 0 Å². The minimum Gasteiger partial charge on any atom is -0.496 e. The van der Waals surface area contributed by atoms with Crippen molar-refractivity contribution in [2.24, 2.45) is 5.41 Å². The molecule has 1 N–H and O–H groups in total. The van der Waals surface area contributed by atoms with Crippen LogP contribution in [0.5, 0.6) is 5.75 Å². The van der Waals surface area contributed by atoms with Crippen LogP contribution in [0.3, 0.4) is 0 Å². The first-order chi connectivity index (χ1) is 17.6. The Morgan fingerprint density at radius 2 is 1.81 bits per heavy atom. The minimum absolute atomic E-state index is 0.0207. The molecule has 194 valence electrons. The molecule has 0 spiro atoms. The molecule has 1 saturated heterocycles. The molecule has 0 aliphatic carbocycles. The Morgan fingerprint density at radius 3 is 2.41 bits per heavy atom.